The van der Waals surface area contributed by atoms with Gasteiger partial charge in [0.2, 0.25) is 0 Å². The SMILES string of the molecule is O=C(/C=C/c1ccccc1[N+](=O)[O-])OCCOc1ccccc1Cl. The zero-order valence-electron chi connectivity index (χ0n) is 12.6. The molecule has 124 valence electrons. The second kappa shape index (κ2) is 8.69. The molecule has 0 saturated heterocycles. The van der Waals surface area contributed by atoms with Crippen molar-refractivity contribution in [2.45, 2.75) is 0 Å². The Balaban J connectivity index is 1.81. The topological polar surface area (TPSA) is 78.7 Å². The van der Waals surface area contributed by atoms with Gasteiger partial charge in [0.25, 0.3) is 5.69 Å². The van der Waals surface area contributed by atoms with Gasteiger partial charge in [-0.25, -0.2) is 4.79 Å². The van der Waals surface area contributed by atoms with Crippen LogP contribution in [0, 0.1) is 10.1 Å². The van der Waals surface area contributed by atoms with E-state index in [4.69, 9.17) is 21.1 Å². The molecule has 0 amide bonds. The van der Waals surface area contributed by atoms with Gasteiger partial charge in [-0.2, -0.15) is 0 Å². The predicted molar refractivity (Wildman–Crippen MR) is 90.0 cm³/mol. The van der Waals surface area contributed by atoms with Crippen molar-refractivity contribution in [3.05, 3.63) is 75.3 Å². The fraction of sp³-hybridized carbons (Fsp3) is 0.118. The summed E-state index contributed by atoms with van der Waals surface area (Å²) in [6.45, 7) is 0.181. The number of nitro benzene ring substituents is 1. The molecule has 6 nitrogen and oxygen atoms in total. The molecule has 0 N–H and O–H groups in total. The highest BCUT2D eigenvalue weighted by molar-refractivity contribution is 6.32. The van der Waals surface area contributed by atoms with Gasteiger partial charge in [-0.1, -0.05) is 35.9 Å². The van der Waals surface area contributed by atoms with Crippen LogP contribution in [0.5, 0.6) is 5.75 Å². The highest BCUT2D eigenvalue weighted by Gasteiger charge is 2.10. The minimum Gasteiger partial charge on any atom is -0.488 e. The maximum Gasteiger partial charge on any atom is 0.330 e. The van der Waals surface area contributed by atoms with Gasteiger partial charge in [0, 0.05) is 12.1 Å². The summed E-state index contributed by atoms with van der Waals surface area (Å²) in [6.07, 6.45) is 2.48. The van der Waals surface area contributed by atoms with Crippen molar-refractivity contribution in [3.8, 4) is 5.75 Å². The van der Waals surface area contributed by atoms with Crippen molar-refractivity contribution in [2.24, 2.45) is 0 Å². The van der Waals surface area contributed by atoms with Crippen LogP contribution in [0.1, 0.15) is 5.56 Å². The van der Waals surface area contributed by atoms with Crippen molar-refractivity contribution in [1.29, 1.82) is 0 Å². The van der Waals surface area contributed by atoms with E-state index >= 15 is 0 Å². The Morgan fingerprint density at radius 2 is 1.83 bits per heavy atom. The molecule has 2 aromatic carbocycles. The summed E-state index contributed by atoms with van der Waals surface area (Å²) < 4.78 is 10.3. The van der Waals surface area contributed by atoms with Gasteiger partial charge >= 0.3 is 5.97 Å². The number of ether oxygens (including phenoxy) is 2. The van der Waals surface area contributed by atoms with E-state index in [-0.39, 0.29) is 18.9 Å². The fourth-order valence-electron chi connectivity index (χ4n) is 1.86. The van der Waals surface area contributed by atoms with Gasteiger partial charge in [0.1, 0.15) is 19.0 Å². The maximum atomic E-state index is 11.6. The molecule has 0 aliphatic heterocycles. The third-order valence-corrected chi connectivity index (χ3v) is 3.27. The number of para-hydroxylation sites is 2. The minimum absolute atomic E-state index is 0.0330. The largest absolute Gasteiger partial charge is 0.488 e. The molecule has 0 saturated carbocycles. The number of nitro groups is 1. The highest BCUT2D eigenvalue weighted by Crippen LogP contribution is 2.22. The Labute approximate surface area is 143 Å². The van der Waals surface area contributed by atoms with Gasteiger partial charge in [0.05, 0.1) is 15.5 Å². The van der Waals surface area contributed by atoms with Gasteiger partial charge in [0.15, 0.2) is 0 Å². The van der Waals surface area contributed by atoms with E-state index in [1.807, 2.05) is 0 Å². The maximum absolute atomic E-state index is 11.6. The highest BCUT2D eigenvalue weighted by atomic mass is 35.5. The van der Waals surface area contributed by atoms with Crippen LogP contribution in [0.2, 0.25) is 5.02 Å². The van der Waals surface area contributed by atoms with E-state index in [0.717, 1.165) is 6.08 Å². The third kappa shape index (κ3) is 5.10. The molecule has 0 aliphatic rings. The summed E-state index contributed by atoms with van der Waals surface area (Å²) in [4.78, 5) is 22.0. The summed E-state index contributed by atoms with van der Waals surface area (Å²) in [5.74, 6) is -0.110. The number of nitrogens with zero attached hydrogens (tertiary/aromatic N) is 1. The Morgan fingerprint density at radius 1 is 1.12 bits per heavy atom. The normalized spacial score (nSPS) is 10.5. The lowest BCUT2D eigenvalue weighted by Gasteiger charge is -2.07. The van der Waals surface area contributed by atoms with Gasteiger partial charge in [-0.05, 0) is 24.3 Å². The predicted octanol–water partition coefficient (Wildman–Crippen LogP) is 3.88. The molecule has 0 radical (unpaired) electrons. The van der Waals surface area contributed by atoms with Crippen LogP contribution < -0.4 is 4.74 Å². The molecule has 2 aromatic rings. The van der Waals surface area contributed by atoms with Crippen LogP contribution >= 0.6 is 11.6 Å². The molecule has 0 bridgehead atoms. The Morgan fingerprint density at radius 3 is 2.58 bits per heavy atom. The van der Waals surface area contributed by atoms with Crippen molar-refractivity contribution in [1.82, 2.24) is 0 Å². The number of halogens is 1. The summed E-state index contributed by atoms with van der Waals surface area (Å²) >= 11 is 5.92. The number of esters is 1. The standard InChI is InChI=1S/C17H14ClNO5/c18-14-6-2-4-8-16(14)23-11-12-24-17(20)10-9-13-5-1-3-7-15(13)19(21)22/h1-10H,11-12H2/b10-9+. The van der Waals surface area contributed by atoms with Crippen LogP contribution in [0.3, 0.4) is 0 Å². The number of benzene rings is 2. The van der Waals surface area contributed by atoms with E-state index in [1.165, 1.54) is 12.1 Å². The molecule has 2 rings (SSSR count). The molecule has 7 heteroatoms. The Kier molecular flexibility index (Phi) is 6.33. The Hall–Kier alpha value is -2.86. The molecule has 0 spiro atoms. The molecule has 0 aliphatic carbocycles. The third-order valence-electron chi connectivity index (χ3n) is 2.95. The summed E-state index contributed by atoms with van der Waals surface area (Å²) in [5.41, 5.74) is 0.246. The zero-order valence-corrected chi connectivity index (χ0v) is 13.3. The lowest BCUT2D eigenvalue weighted by atomic mass is 10.1. The summed E-state index contributed by atoms with van der Waals surface area (Å²) in [7, 11) is 0. The molecular weight excluding hydrogens is 334 g/mol. The second-order valence-corrected chi connectivity index (χ2v) is 5.00. The number of hydrogen-bond donors (Lipinski definition) is 0. The lowest BCUT2D eigenvalue weighted by molar-refractivity contribution is -0.385. The molecule has 0 aromatic heterocycles. The smallest absolute Gasteiger partial charge is 0.330 e. The van der Waals surface area contributed by atoms with Gasteiger partial charge < -0.3 is 9.47 Å². The molecule has 24 heavy (non-hydrogen) atoms. The lowest BCUT2D eigenvalue weighted by Crippen LogP contribution is -2.10. The average molecular weight is 348 g/mol. The van der Waals surface area contributed by atoms with Crippen molar-refractivity contribution in [3.63, 3.8) is 0 Å². The zero-order chi connectivity index (χ0) is 17.4. The number of carbonyl (C=O) groups excluding carboxylic acids is 1. The number of hydrogen-bond acceptors (Lipinski definition) is 5. The van der Waals surface area contributed by atoms with Crippen LogP contribution in [-0.4, -0.2) is 24.1 Å². The van der Waals surface area contributed by atoms with Crippen LogP contribution in [0.15, 0.2) is 54.6 Å². The number of carbonyl (C=O) groups is 1. The monoisotopic (exact) mass is 347 g/mol. The van der Waals surface area contributed by atoms with Crippen LogP contribution in [-0.2, 0) is 9.53 Å². The van der Waals surface area contributed by atoms with Gasteiger partial charge in [-0.3, -0.25) is 10.1 Å². The minimum atomic E-state index is -0.615. The van der Waals surface area contributed by atoms with E-state index < -0.39 is 10.9 Å². The Bertz CT molecular complexity index is 760. The summed E-state index contributed by atoms with van der Waals surface area (Å²) in [6, 6.07) is 13.1. The van der Waals surface area contributed by atoms with Crippen LogP contribution in [0.25, 0.3) is 6.08 Å². The quantitative estimate of drug-likeness (QED) is 0.250. The first kappa shape index (κ1) is 17.5. The fourth-order valence-corrected chi connectivity index (χ4v) is 2.05. The second-order valence-electron chi connectivity index (χ2n) is 4.60. The molecular formula is C17H14ClNO5. The van der Waals surface area contributed by atoms with Gasteiger partial charge in [-0.15, -0.1) is 0 Å². The van der Waals surface area contributed by atoms with Crippen molar-refractivity contribution >= 4 is 29.3 Å². The molecule has 0 atom stereocenters. The first-order chi connectivity index (χ1) is 11.6. The first-order valence-corrected chi connectivity index (χ1v) is 7.41. The van der Waals surface area contributed by atoms with Crippen molar-refractivity contribution < 1.29 is 19.2 Å². The van der Waals surface area contributed by atoms with E-state index in [0.29, 0.717) is 16.3 Å². The van der Waals surface area contributed by atoms with Crippen molar-refractivity contribution in [2.75, 3.05) is 13.2 Å². The molecule has 0 unspecified atom stereocenters. The number of rotatable bonds is 7. The van der Waals surface area contributed by atoms with Crippen LogP contribution in [0.4, 0.5) is 5.69 Å². The average Bonchev–Trinajstić information content (AvgIpc) is 2.58. The first-order valence-electron chi connectivity index (χ1n) is 7.03. The van der Waals surface area contributed by atoms with E-state index in [2.05, 4.69) is 0 Å². The molecule has 0 fully saturated rings. The van der Waals surface area contributed by atoms with E-state index in [9.17, 15) is 14.9 Å². The summed E-state index contributed by atoms with van der Waals surface area (Å²) in [5, 5.41) is 11.3. The molecule has 0 heterocycles. The van der Waals surface area contributed by atoms with E-state index in [1.54, 1.807) is 42.5 Å².